The van der Waals surface area contributed by atoms with Gasteiger partial charge in [0.2, 0.25) is 0 Å². The monoisotopic (exact) mass is 230 g/mol. The summed E-state index contributed by atoms with van der Waals surface area (Å²) in [6, 6.07) is 13.3. The SMILES string of the molecule is Cc1cc(CO)ccc1-c1ccc(CF)cc1. The van der Waals surface area contributed by atoms with Crippen molar-refractivity contribution in [3.63, 3.8) is 0 Å². The van der Waals surface area contributed by atoms with Gasteiger partial charge in [-0.2, -0.15) is 0 Å². The van der Waals surface area contributed by atoms with Gasteiger partial charge < -0.3 is 5.11 Å². The quantitative estimate of drug-likeness (QED) is 0.853. The van der Waals surface area contributed by atoms with Gasteiger partial charge in [-0.15, -0.1) is 0 Å². The van der Waals surface area contributed by atoms with Crippen molar-refractivity contribution in [3.8, 4) is 11.1 Å². The summed E-state index contributed by atoms with van der Waals surface area (Å²) in [6.07, 6.45) is 0. The molecule has 0 aliphatic carbocycles. The first-order valence-corrected chi connectivity index (χ1v) is 5.60. The minimum absolute atomic E-state index is 0.0574. The fourth-order valence-corrected chi connectivity index (χ4v) is 1.92. The zero-order valence-electron chi connectivity index (χ0n) is 9.78. The number of benzene rings is 2. The van der Waals surface area contributed by atoms with Crippen LogP contribution in [0.1, 0.15) is 16.7 Å². The van der Waals surface area contributed by atoms with Crippen LogP contribution in [0.3, 0.4) is 0 Å². The molecule has 88 valence electrons. The van der Waals surface area contributed by atoms with Crippen LogP contribution in [0.25, 0.3) is 11.1 Å². The van der Waals surface area contributed by atoms with Gasteiger partial charge in [0, 0.05) is 0 Å². The molecule has 0 spiro atoms. The van der Waals surface area contributed by atoms with Crippen molar-refractivity contribution in [1.82, 2.24) is 0 Å². The van der Waals surface area contributed by atoms with E-state index in [2.05, 4.69) is 0 Å². The van der Waals surface area contributed by atoms with Gasteiger partial charge in [0.25, 0.3) is 0 Å². The smallest absolute Gasteiger partial charge is 0.115 e. The molecule has 0 atom stereocenters. The Labute approximate surface area is 101 Å². The predicted molar refractivity (Wildman–Crippen MR) is 67.3 cm³/mol. The predicted octanol–water partition coefficient (Wildman–Crippen LogP) is 3.62. The molecule has 0 bridgehead atoms. The van der Waals surface area contributed by atoms with Gasteiger partial charge in [-0.05, 0) is 34.7 Å². The molecule has 2 aromatic rings. The lowest BCUT2D eigenvalue weighted by molar-refractivity contribution is 0.282. The van der Waals surface area contributed by atoms with Gasteiger partial charge in [0.05, 0.1) is 6.61 Å². The molecule has 0 fully saturated rings. The molecule has 0 amide bonds. The highest BCUT2D eigenvalue weighted by Crippen LogP contribution is 2.24. The molecule has 0 radical (unpaired) electrons. The van der Waals surface area contributed by atoms with Gasteiger partial charge in [-0.3, -0.25) is 0 Å². The average molecular weight is 230 g/mol. The second kappa shape index (κ2) is 5.11. The van der Waals surface area contributed by atoms with Crippen LogP contribution in [0.5, 0.6) is 0 Å². The molecule has 1 N–H and O–H groups in total. The molecule has 0 aliphatic rings. The summed E-state index contributed by atoms with van der Waals surface area (Å²) in [4.78, 5) is 0. The number of aliphatic hydroxyl groups is 1. The second-order valence-corrected chi connectivity index (χ2v) is 4.14. The molecule has 0 unspecified atom stereocenters. The molecule has 0 aliphatic heterocycles. The summed E-state index contributed by atoms with van der Waals surface area (Å²) in [5.41, 5.74) is 4.91. The first kappa shape index (κ1) is 11.8. The second-order valence-electron chi connectivity index (χ2n) is 4.14. The number of aryl methyl sites for hydroxylation is 1. The van der Waals surface area contributed by atoms with Crippen molar-refractivity contribution in [1.29, 1.82) is 0 Å². The summed E-state index contributed by atoms with van der Waals surface area (Å²) in [7, 11) is 0. The Bertz CT molecular complexity index is 503. The Morgan fingerprint density at radius 1 is 1.00 bits per heavy atom. The van der Waals surface area contributed by atoms with Gasteiger partial charge in [0.15, 0.2) is 0 Å². The number of halogens is 1. The molecule has 0 heterocycles. The highest BCUT2D eigenvalue weighted by Gasteiger charge is 2.03. The van der Waals surface area contributed by atoms with Gasteiger partial charge in [0.1, 0.15) is 6.67 Å². The van der Waals surface area contributed by atoms with E-state index < -0.39 is 6.67 Å². The summed E-state index contributed by atoms with van der Waals surface area (Å²) in [5, 5.41) is 9.05. The van der Waals surface area contributed by atoms with Gasteiger partial charge in [-0.25, -0.2) is 4.39 Å². The van der Waals surface area contributed by atoms with Crippen molar-refractivity contribution >= 4 is 0 Å². The van der Waals surface area contributed by atoms with Crippen molar-refractivity contribution < 1.29 is 9.50 Å². The highest BCUT2D eigenvalue weighted by molar-refractivity contribution is 5.67. The van der Waals surface area contributed by atoms with Crippen LogP contribution in [-0.4, -0.2) is 5.11 Å². The lowest BCUT2D eigenvalue weighted by Gasteiger charge is -2.08. The Balaban J connectivity index is 2.38. The number of hydrogen-bond acceptors (Lipinski definition) is 1. The Kier molecular flexibility index (Phi) is 3.55. The molecule has 17 heavy (non-hydrogen) atoms. The molecule has 2 rings (SSSR count). The number of rotatable bonds is 3. The molecule has 0 saturated heterocycles. The van der Waals surface area contributed by atoms with Crippen molar-refractivity contribution in [2.75, 3.05) is 0 Å². The Morgan fingerprint density at radius 3 is 2.18 bits per heavy atom. The van der Waals surface area contributed by atoms with Crippen LogP contribution in [0.4, 0.5) is 4.39 Å². The fraction of sp³-hybridized carbons (Fsp3) is 0.200. The van der Waals surface area contributed by atoms with Crippen LogP contribution in [-0.2, 0) is 13.3 Å². The minimum atomic E-state index is -0.428. The maximum Gasteiger partial charge on any atom is 0.115 e. The Hall–Kier alpha value is -1.67. The van der Waals surface area contributed by atoms with Crippen LogP contribution in [0.2, 0.25) is 0 Å². The standard InChI is InChI=1S/C15H15FO/c1-11-8-13(10-17)4-7-15(11)14-5-2-12(9-16)3-6-14/h2-8,17H,9-10H2,1H3. The fourth-order valence-electron chi connectivity index (χ4n) is 1.92. The van der Waals surface area contributed by atoms with Gasteiger partial charge >= 0.3 is 0 Å². The molecule has 1 nitrogen and oxygen atoms in total. The number of aliphatic hydroxyl groups excluding tert-OH is 1. The van der Waals surface area contributed by atoms with E-state index in [-0.39, 0.29) is 6.61 Å². The summed E-state index contributed by atoms with van der Waals surface area (Å²) >= 11 is 0. The first-order chi connectivity index (χ1) is 8.24. The average Bonchev–Trinajstić information content (AvgIpc) is 2.39. The largest absolute Gasteiger partial charge is 0.392 e. The summed E-state index contributed by atoms with van der Waals surface area (Å²) in [5.74, 6) is 0. The zero-order valence-corrected chi connectivity index (χ0v) is 9.78. The minimum Gasteiger partial charge on any atom is -0.392 e. The van der Waals surface area contributed by atoms with Crippen molar-refractivity contribution in [2.24, 2.45) is 0 Å². The lowest BCUT2D eigenvalue weighted by atomic mass is 9.98. The van der Waals surface area contributed by atoms with Crippen molar-refractivity contribution in [2.45, 2.75) is 20.2 Å². The third-order valence-corrected chi connectivity index (χ3v) is 2.89. The van der Waals surface area contributed by atoms with E-state index >= 15 is 0 Å². The zero-order chi connectivity index (χ0) is 12.3. The molecule has 0 aromatic heterocycles. The van der Waals surface area contributed by atoms with E-state index in [1.807, 2.05) is 37.3 Å². The van der Waals surface area contributed by atoms with Crippen LogP contribution in [0, 0.1) is 6.92 Å². The van der Waals surface area contributed by atoms with Crippen LogP contribution in [0.15, 0.2) is 42.5 Å². The maximum absolute atomic E-state index is 12.4. The van der Waals surface area contributed by atoms with E-state index in [4.69, 9.17) is 5.11 Å². The lowest BCUT2D eigenvalue weighted by Crippen LogP contribution is -1.88. The number of alkyl halides is 1. The molecular formula is C15H15FO. The maximum atomic E-state index is 12.4. The molecule has 0 saturated carbocycles. The van der Waals surface area contributed by atoms with Crippen molar-refractivity contribution in [3.05, 3.63) is 59.2 Å². The molecule has 2 aromatic carbocycles. The van der Waals surface area contributed by atoms with Crippen LogP contribution < -0.4 is 0 Å². The van der Waals surface area contributed by atoms with E-state index in [1.165, 1.54) is 0 Å². The summed E-state index contributed by atoms with van der Waals surface area (Å²) < 4.78 is 12.4. The van der Waals surface area contributed by atoms with E-state index in [9.17, 15) is 4.39 Å². The first-order valence-electron chi connectivity index (χ1n) is 5.60. The van der Waals surface area contributed by atoms with E-state index in [0.29, 0.717) is 5.56 Å². The number of hydrogen-bond donors (Lipinski definition) is 1. The van der Waals surface area contributed by atoms with Gasteiger partial charge in [-0.1, -0.05) is 42.5 Å². The summed E-state index contributed by atoms with van der Waals surface area (Å²) in [6.45, 7) is 1.64. The third-order valence-electron chi connectivity index (χ3n) is 2.89. The molecule has 2 heteroatoms. The van der Waals surface area contributed by atoms with Crippen LogP contribution >= 0.6 is 0 Å². The van der Waals surface area contributed by atoms with E-state index in [0.717, 1.165) is 22.3 Å². The van der Waals surface area contributed by atoms with E-state index in [1.54, 1.807) is 12.1 Å². The topological polar surface area (TPSA) is 20.2 Å². The normalized spacial score (nSPS) is 10.5. The third kappa shape index (κ3) is 2.53. The molecular weight excluding hydrogens is 215 g/mol. The highest BCUT2D eigenvalue weighted by atomic mass is 19.1. The Morgan fingerprint density at radius 2 is 1.65 bits per heavy atom.